The van der Waals surface area contributed by atoms with Crippen molar-refractivity contribution in [2.75, 3.05) is 7.11 Å². The Balaban J connectivity index is 2.58. The molecule has 0 atom stereocenters. The van der Waals surface area contributed by atoms with E-state index in [9.17, 15) is 0 Å². The van der Waals surface area contributed by atoms with E-state index in [4.69, 9.17) is 16.3 Å². The van der Waals surface area contributed by atoms with Crippen molar-refractivity contribution in [3.05, 3.63) is 34.7 Å². The molecule has 2 aromatic rings. The van der Waals surface area contributed by atoms with Gasteiger partial charge in [-0.25, -0.2) is 4.98 Å². The molecule has 2 rings (SSSR count). The normalized spacial score (nSPS) is 10.6. The number of halogens is 1. The molecule has 0 spiro atoms. The molecule has 3 nitrogen and oxygen atoms in total. The summed E-state index contributed by atoms with van der Waals surface area (Å²) in [4.78, 5) is 7.66. The van der Waals surface area contributed by atoms with Crippen LogP contribution in [0.3, 0.4) is 0 Å². The molecule has 90 valence electrons. The van der Waals surface area contributed by atoms with Crippen LogP contribution < -0.4 is 4.74 Å². The predicted molar refractivity (Wildman–Crippen MR) is 73.0 cm³/mol. The van der Waals surface area contributed by atoms with Gasteiger partial charge in [-0.2, -0.15) is 12.6 Å². The highest BCUT2D eigenvalue weighted by atomic mass is 35.5. The second-order valence-electron chi connectivity index (χ2n) is 3.66. The van der Waals surface area contributed by atoms with Crippen LogP contribution in [0.2, 0.25) is 5.02 Å². The highest BCUT2D eigenvalue weighted by Crippen LogP contribution is 2.33. The number of nitrogens with one attached hydrogen (secondary N) is 1. The van der Waals surface area contributed by atoms with E-state index < -0.39 is 0 Å². The number of rotatable bonds is 3. The van der Waals surface area contributed by atoms with Gasteiger partial charge in [0.1, 0.15) is 11.6 Å². The van der Waals surface area contributed by atoms with E-state index >= 15 is 0 Å². The van der Waals surface area contributed by atoms with Crippen LogP contribution in [0.15, 0.2) is 18.2 Å². The average molecular weight is 269 g/mol. The van der Waals surface area contributed by atoms with Crippen LogP contribution in [0, 0.1) is 6.92 Å². The second kappa shape index (κ2) is 5.02. The van der Waals surface area contributed by atoms with Crippen LogP contribution in [0.5, 0.6) is 5.75 Å². The third-order valence-electron chi connectivity index (χ3n) is 2.50. The van der Waals surface area contributed by atoms with E-state index in [1.807, 2.05) is 19.1 Å². The zero-order valence-corrected chi connectivity index (χ0v) is 11.3. The lowest BCUT2D eigenvalue weighted by atomic mass is 10.1. The number of aromatic nitrogens is 2. The number of nitrogens with zero attached hydrogens (tertiary/aromatic N) is 1. The van der Waals surface area contributed by atoms with Crippen molar-refractivity contribution in [2.24, 2.45) is 0 Å². The first kappa shape index (κ1) is 12.3. The zero-order chi connectivity index (χ0) is 12.4. The first-order valence-corrected chi connectivity index (χ1v) is 6.17. The maximum absolute atomic E-state index is 6.01. The van der Waals surface area contributed by atoms with Crippen molar-refractivity contribution >= 4 is 24.2 Å². The van der Waals surface area contributed by atoms with Crippen LogP contribution >= 0.6 is 24.2 Å². The fourth-order valence-corrected chi connectivity index (χ4v) is 2.05. The number of aromatic amines is 1. The molecular weight excluding hydrogens is 256 g/mol. The molecule has 0 saturated heterocycles. The van der Waals surface area contributed by atoms with E-state index in [2.05, 4.69) is 22.6 Å². The summed E-state index contributed by atoms with van der Waals surface area (Å²) < 4.78 is 5.32. The quantitative estimate of drug-likeness (QED) is 0.837. The smallest absolute Gasteiger partial charge is 0.128 e. The van der Waals surface area contributed by atoms with Gasteiger partial charge in [0.2, 0.25) is 0 Å². The number of thiol groups is 1. The Kier molecular flexibility index (Phi) is 3.64. The van der Waals surface area contributed by atoms with Crippen LogP contribution in [0.25, 0.3) is 11.3 Å². The van der Waals surface area contributed by atoms with Gasteiger partial charge in [0, 0.05) is 22.0 Å². The summed E-state index contributed by atoms with van der Waals surface area (Å²) in [6.45, 7) is 1.97. The molecule has 0 amide bonds. The number of benzene rings is 1. The number of methoxy groups -OCH3 is 1. The van der Waals surface area contributed by atoms with E-state index in [1.165, 1.54) is 0 Å². The Labute approximate surface area is 111 Å². The Morgan fingerprint density at radius 1 is 1.47 bits per heavy atom. The van der Waals surface area contributed by atoms with E-state index in [1.54, 1.807) is 13.2 Å². The van der Waals surface area contributed by atoms with Crippen molar-refractivity contribution in [3.63, 3.8) is 0 Å². The summed E-state index contributed by atoms with van der Waals surface area (Å²) in [6.07, 6.45) is 0. The van der Waals surface area contributed by atoms with Gasteiger partial charge in [-0.15, -0.1) is 0 Å². The van der Waals surface area contributed by atoms with Crippen molar-refractivity contribution < 1.29 is 4.74 Å². The van der Waals surface area contributed by atoms with Crippen LogP contribution in [-0.4, -0.2) is 17.1 Å². The number of aryl methyl sites for hydroxylation is 1. The molecule has 1 N–H and O–H groups in total. The lowest BCUT2D eigenvalue weighted by Gasteiger charge is -2.07. The highest BCUT2D eigenvalue weighted by Gasteiger charge is 2.13. The lowest BCUT2D eigenvalue weighted by molar-refractivity contribution is 0.416. The Morgan fingerprint density at radius 2 is 2.24 bits per heavy atom. The molecule has 1 aromatic carbocycles. The minimum Gasteiger partial charge on any atom is -0.496 e. The molecule has 0 radical (unpaired) electrons. The van der Waals surface area contributed by atoms with Gasteiger partial charge in [-0.3, -0.25) is 0 Å². The molecule has 0 unspecified atom stereocenters. The maximum atomic E-state index is 6.01. The molecule has 1 aromatic heterocycles. The molecule has 0 bridgehead atoms. The van der Waals surface area contributed by atoms with Gasteiger partial charge in [0.15, 0.2) is 0 Å². The molecular formula is C12H13ClN2OS. The van der Waals surface area contributed by atoms with Gasteiger partial charge in [-0.05, 0) is 25.1 Å². The topological polar surface area (TPSA) is 37.9 Å². The fraction of sp³-hybridized carbons (Fsp3) is 0.250. The SMILES string of the molecule is COc1ccc(Cl)cc1-c1nc(CS)[nH]c1C. The molecule has 0 aliphatic rings. The Morgan fingerprint density at radius 3 is 2.82 bits per heavy atom. The highest BCUT2D eigenvalue weighted by molar-refractivity contribution is 7.79. The maximum Gasteiger partial charge on any atom is 0.128 e. The van der Waals surface area contributed by atoms with Crippen molar-refractivity contribution in [2.45, 2.75) is 12.7 Å². The van der Waals surface area contributed by atoms with Crippen LogP contribution in [-0.2, 0) is 5.75 Å². The summed E-state index contributed by atoms with van der Waals surface area (Å²) in [5.74, 6) is 2.17. The first-order chi connectivity index (χ1) is 8.15. The molecule has 0 aliphatic heterocycles. The van der Waals surface area contributed by atoms with Gasteiger partial charge < -0.3 is 9.72 Å². The molecule has 0 aliphatic carbocycles. The predicted octanol–water partition coefficient (Wildman–Crippen LogP) is 3.48. The summed E-state index contributed by atoms with van der Waals surface area (Å²) in [5.41, 5.74) is 2.73. The van der Waals surface area contributed by atoms with E-state index in [0.717, 1.165) is 28.5 Å². The molecule has 17 heavy (non-hydrogen) atoms. The Hall–Kier alpha value is -1.13. The van der Waals surface area contributed by atoms with Crippen molar-refractivity contribution in [1.82, 2.24) is 9.97 Å². The zero-order valence-electron chi connectivity index (χ0n) is 9.62. The van der Waals surface area contributed by atoms with Crippen molar-refractivity contribution in [1.29, 1.82) is 0 Å². The number of imidazole rings is 1. The minimum atomic E-state index is 0.573. The van der Waals surface area contributed by atoms with Crippen molar-refractivity contribution in [3.8, 4) is 17.0 Å². The molecule has 0 saturated carbocycles. The van der Waals surface area contributed by atoms with Crippen LogP contribution in [0.4, 0.5) is 0 Å². The molecule has 1 heterocycles. The summed E-state index contributed by atoms with van der Waals surface area (Å²) >= 11 is 10.2. The summed E-state index contributed by atoms with van der Waals surface area (Å²) in [5, 5.41) is 0.663. The van der Waals surface area contributed by atoms with Gasteiger partial charge in [-0.1, -0.05) is 11.6 Å². The average Bonchev–Trinajstić information content (AvgIpc) is 2.70. The minimum absolute atomic E-state index is 0.573. The second-order valence-corrected chi connectivity index (χ2v) is 4.41. The van der Waals surface area contributed by atoms with Gasteiger partial charge in [0.05, 0.1) is 12.8 Å². The summed E-state index contributed by atoms with van der Waals surface area (Å²) in [7, 11) is 1.63. The third-order valence-corrected chi connectivity index (χ3v) is 3.03. The van der Waals surface area contributed by atoms with Gasteiger partial charge >= 0.3 is 0 Å². The number of hydrogen-bond acceptors (Lipinski definition) is 3. The lowest BCUT2D eigenvalue weighted by Crippen LogP contribution is -1.89. The largest absolute Gasteiger partial charge is 0.496 e. The number of H-pyrrole nitrogens is 1. The molecule has 0 fully saturated rings. The monoisotopic (exact) mass is 268 g/mol. The van der Waals surface area contributed by atoms with E-state index in [-0.39, 0.29) is 0 Å². The number of ether oxygens (including phenoxy) is 1. The molecule has 5 heteroatoms. The van der Waals surface area contributed by atoms with Crippen LogP contribution in [0.1, 0.15) is 11.5 Å². The third kappa shape index (κ3) is 2.42. The Bertz CT molecular complexity index is 539. The summed E-state index contributed by atoms with van der Waals surface area (Å²) in [6, 6.07) is 5.49. The van der Waals surface area contributed by atoms with E-state index in [0.29, 0.717) is 10.8 Å². The van der Waals surface area contributed by atoms with Gasteiger partial charge in [0.25, 0.3) is 0 Å². The fourth-order valence-electron chi connectivity index (χ4n) is 1.72. The first-order valence-electron chi connectivity index (χ1n) is 5.16. The standard InChI is InChI=1S/C12H13ClN2OS/c1-7-12(15-11(6-17)14-7)9-5-8(13)3-4-10(9)16-2/h3-5,17H,6H2,1-2H3,(H,14,15). The number of hydrogen-bond donors (Lipinski definition) is 2.